The van der Waals surface area contributed by atoms with Gasteiger partial charge in [0.15, 0.2) is 0 Å². The molecule has 72 valence electrons. The van der Waals surface area contributed by atoms with Crippen LogP contribution in [0.3, 0.4) is 0 Å². The predicted octanol–water partition coefficient (Wildman–Crippen LogP) is 2.40. The molecule has 0 aromatic heterocycles. The molecule has 1 aliphatic rings. The van der Waals surface area contributed by atoms with Crippen LogP contribution in [-0.2, 0) is 0 Å². The zero-order chi connectivity index (χ0) is 8.97. The standard InChI is InChI=1S/C10H23NSi/c1-9-6-4-5-7-12(9)10(2)8-11-3/h9-12H,4-8H2,1-3H3. The molecule has 0 bridgehead atoms. The fraction of sp³-hybridized carbons (Fsp3) is 1.00. The van der Waals surface area contributed by atoms with Crippen LogP contribution in [0.25, 0.3) is 0 Å². The molecule has 0 aromatic carbocycles. The second-order valence-corrected chi connectivity index (χ2v) is 8.64. The summed E-state index contributed by atoms with van der Waals surface area (Å²) < 4.78 is 0. The van der Waals surface area contributed by atoms with E-state index in [1.807, 2.05) is 0 Å². The monoisotopic (exact) mass is 185 g/mol. The molecule has 0 aliphatic carbocycles. The SMILES string of the molecule is CNCC(C)[SiH]1CCCCC1C. The first-order valence-corrected chi connectivity index (χ1v) is 7.55. The first-order valence-electron chi connectivity index (χ1n) is 5.40. The number of rotatable bonds is 3. The Labute approximate surface area is 78.5 Å². The van der Waals surface area contributed by atoms with Crippen LogP contribution < -0.4 is 5.32 Å². The third-order valence-electron chi connectivity index (χ3n) is 3.43. The van der Waals surface area contributed by atoms with Crippen molar-refractivity contribution >= 4 is 8.80 Å². The Morgan fingerprint density at radius 1 is 1.50 bits per heavy atom. The maximum atomic E-state index is 3.32. The van der Waals surface area contributed by atoms with Gasteiger partial charge >= 0.3 is 0 Å². The van der Waals surface area contributed by atoms with Gasteiger partial charge in [-0.3, -0.25) is 0 Å². The van der Waals surface area contributed by atoms with Crippen LogP contribution in [0.4, 0.5) is 0 Å². The summed E-state index contributed by atoms with van der Waals surface area (Å²) in [6.07, 6.45) is 4.54. The van der Waals surface area contributed by atoms with E-state index >= 15 is 0 Å². The molecule has 0 amide bonds. The highest BCUT2D eigenvalue weighted by atomic mass is 28.3. The lowest BCUT2D eigenvalue weighted by atomic mass is 10.2. The lowest BCUT2D eigenvalue weighted by Gasteiger charge is -2.32. The summed E-state index contributed by atoms with van der Waals surface area (Å²) in [4.78, 5) is 0. The van der Waals surface area contributed by atoms with E-state index in [4.69, 9.17) is 0 Å². The first kappa shape index (κ1) is 10.3. The largest absolute Gasteiger partial charge is 0.320 e. The maximum Gasteiger partial charge on any atom is 0.0438 e. The Morgan fingerprint density at radius 2 is 2.25 bits per heavy atom. The Bertz CT molecular complexity index is 127. The quantitative estimate of drug-likeness (QED) is 0.666. The zero-order valence-electron chi connectivity index (χ0n) is 8.77. The smallest absolute Gasteiger partial charge is 0.0438 e. The van der Waals surface area contributed by atoms with Crippen molar-refractivity contribution in [2.75, 3.05) is 13.6 Å². The topological polar surface area (TPSA) is 12.0 Å². The Hall–Kier alpha value is 0.177. The third-order valence-corrected chi connectivity index (χ3v) is 8.00. The molecule has 3 unspecified atom stereocenters. The molecular formula is C10H23NSi. The second kappa shape index (κ2) is 5.03. The van der Waals surface area contributed by atoms with Crippen molar-refractivity contribution in [2.45, 2.75) is 50.2 Å². The molecular weight excluding hydrogens is 162 g/mol. The second-order valence-electron chi connectivity index (χ2n) is 4.46. The lowest BCUT2D eigenvalue weighted by Crippen LogP contribution is -2.32. The summed E-state index contributed by atoms with van der Waals surface area (Å²) in [6.45, 7) is 6.19. The molecule has 0 saturated carbocycles. The normalized spacial score (nSPS) is 33.2. The average Bonchev–Trinajstić information content (AvgIpc) is 2.05. The first-order chi connectivity index (χ1) is 5.75. The van der Waals surface area contributed by atoms with Crippen molar-refractivity contribution in [3.8, 4) is 0 Å². The molecule has 1 heterocycles. The van der Waals surface area contributed by atoms with Crippen LogP contribution in [0.1, 0.15) is 33.1 Å². The van der Waals surface area contributed by atoms with Gasteiger partial charge in [0.05, 0.1) is 0 Å². The van der Waals surface area contributed by atoms with Gasteiger partial charge in [-0.2, -0.15) is 0 Å². The minimum absolute atomic E-state index is 0.395. The average molecular weight is 185 g/mol. The van der Waals surface area contributed by atoms with E-state index in [9.17, 15) is 0 Å². The molecule has 1 saturated heterocycles. The highest BCUT2D eigenvalue weighted by molar-refractivity contribution is 6.62. The summed E-state index contributed by atoms with van der Waals surface area (Å²) in [5.74, 6) is 0. The Balaban J connectivity index is 2.36. The summed E-state index contributed by atoms with van der Waals surface area (Å²) in [7, 11) is 1.69. The van der Waals surface area contributed by atoms with Gasteiger partial charge in [-0.1, -0.05) is 44.7 Å². The van der Waals surface area contributed by atoms with E-state index < -0.39 is 8.80 Å². The Kier molecular flexibility index (Phi) is 4.30. The Morgan fingerprint density at radius 3 is 2.83 bits per heavy atom. The number of hydrogen-bond donors (Lipinski definition) is 1. The van der Waals surface area contributed by atoms with Gasteiger partial charge < -0.3 is 5.32 Å². The van der Waals surface area contributed by atoms with Crippen LogP contribution in [0, 0.1) is 0 Å². The van der Waals surface area contributed by atoms with Gasteiger partial charge in [-0.25, -0.2) is 0 Å². The molecule has 1 nitrogen and oxygen atoms in total. The molecule has 0 aromatic rings. The van der Waals surface area contributed by atoms with E-state index in [0.717, 1.165) is 11.1 Å². The van der Waals surface area contributed by atoms with Crippen molar-refractivity contribution in [2.24, 2.45) is 0 Å². The molecule has 0 radical (unpaired) electrons. The van der Waals surface area contributed by atoms with Crippen molar-refractivity contribution in [3.63, 3.8) is 0 Å². The molecule has 1 aliphatic heterocycles. The van der Waals surface area contributed by atoms with Gasteiger partial charge in [0.2, 0.25) is 0 Å². The van der Waals surface area contributed by atoms with Crippen molar-refractivity contribution in [3.05, 3.63) is 0 Å². The summed E-state index contributed by atoms with van der Waals surface area (Å²) in [6, 6.07) is 1.60. The van der Waals surface area contributed by atoms with Gasteiger partial charge in [0.25, 0.3) is 0 Å². The van der Waals surface area contributed by atoms with E-state index in [0.29, 0.717) is 0 Å². The molecule has 0 spiro atoms. The fourth-order valence-electron chi connectivity index (χ4n) is 2.66. The molecule has 1 rings (SSSR count). The summed E-state index contributed by atoms with van der Waals surface area (Å²) in [5, 5.41) is 3.32. The van der Waals surface area contributed by atoms with Crippen molar-refractivity contribution in [1.29, 1.82) is 0 Å². The predicted molar refractivity (Wildman–Crippen MR) is 58.6 cm³/mol. The van der Waals surface area contributed by atoms with E-state index in [1.54, 1.807) is 6.04 Å². The molecule has 12 heavy (non-hydrogen) atoms. The van der Waals surface area contributed by atoms with Crippen LogP contribution >= 0.6 is 0 Å². The van der Waals surface area contributed by atoms with Crippen LogP contribution in [0.5, 0.6) is 0 Å². The van der Waals surface area contributed by atoms with Gasteiger partial charge in [-0.05, 0) is 19.1 Å². The minimum Gasteiger partial charge on any atom is -0.320 e. The van der Waals surface area contributed by atoms with Crippen LogP contribution in [-0.4, -0.2) is 22.4 Å². The number of hydrogen-bond acceptors (Lipinski definition) is 1. The van der Waals surface area contributed by atoms with E-state index in [1.165, 1.54) is 25.8 Å². The van der Waals surface area contributed by atoms with Gasteiger partial charge in [0.1, 0.15) is 0 Å². The highest BCUT2D eigenvalue weighted by Gasteiger charge is 2.26. The summed E-state index contributed by atoms with van der Waals surface area (Å²) >= 11 is 0. The van der Waals surface area contributed by atoms with Crippen LogP contribution in [0.2, 0.25) is 17.1 Å². The van der Waals surface area contributed by atoms with Crippen LogP contribution in [0.15, 0.2) is 0 Å². The maximum absolute atomic E-state index is 3.32. The minimum atomic E-state index is -0.395. The molecule has 2 heteroatoms. The fourth-order valence-corrected chi connectivity index (χ4v) is 6.89. The van der Waals surface area contributed by atoms with Gasteiger partial charge in [-0.15, -0.1) is 0 Å². The van der Waals surface area contributed by atoms with E-state index in [-0.39, 0.29) is 0 Å². The molecule has 1 N–H and O–H groups in total. The third kappa shape index (κ3) is 2.59. The van der Waals surface area contributed by atoms with Crippen molar-refractivity contribution < 1.29 is 0 Å². The summed E-state index contributed by atoms with van der Waals surface area (Å²) in [5.41, 5.74) is 2.10. The highest BCUT2D eigenvalue weighted by Crippen LogP contribution is 2.34. The van der Waals surface area contributed by atoms with E-state index in [2.05, 4.69) is 26.2 Å². The zero-order valence-corrected chi connectivity index (χ0v) is 9.92. The molecule has 3 atom stereocenters. The number of nitrogens with one attached hydrogen (secondary N) is 1. The molecule has 1 fully saturated rings. The lowest BCUT2D eigenvalue weighted by molar-refractivity contribution is 0.621. The van der Waals surface area contributed by atoms with Gasteiger partial charge in [0, 0.05) is 8.80 Å². The van der Waals surface area contributed by atoms with Crippen molar-refractivity contribution in [1.82, 2.24) is 5.32 Å².